The van der Waals surface area contributed by atoms with Gasteiger partial charge in [-0.1, -0.05) is 42.1 Å². The molecule has 1 aliphatic heterocycles. The summed E-state index contributed by atoms with van der Waals surface area (Å²) >= 11 is 3.63. The molecule has 74 valence electrons. The highest BCUT2D eigenvalue weighted by Crippen LogP contribution is 2.42. The van der Waals surface area contributed by atoms with Crippen LogP contribution >= 0.6 is 23.5 Å². The molecule has 0 unspecified atom stereocenters. The van der Waals surface area contributed by atoms with Gasteiger partial charge in [0.05, 0.1) is 11.3 Å². The average molecular weight is 223 g/mol. The molecule has 0 bridgehead atoms. The molecule has 0 N–H and O–H groups in total. The minimum atomic E-state index is 0.407. The third-order valence-electron chi connectivity index (χ3n) is 2.28. The summed E-state index contributed by atoms with van der Waals surface area (Å²) in [5.74, 6) is 0. The first kappa shape index (κ1) is 10.1. The average Bonchev–Trinajstić information content (AvgIpc) is 2.61. The predicted octanol–water partition coefficient (Wildman–Crippen LogP) is 3.58. The lowest BCUT2D eigenvalue weighted by atomic mass is 10.1. The Bertz CT molecular complexity index is 334. The second-order valence-electron chi connectivity index (χ2n) is 3.29. The minimum absolute atomic E-state index is 0.407. The van der Waals surface area contributed by atoms with Crippen LogP contribution in [0.25, 0.3) is 0 Å². The Morgan fingerprint density at radius 3 is 2.57 bits per heavy atom. The Kier molecular flexibility index (Phi) is 3.19. The highest BCUT2D eigenvalue weighted by molar-refractivity contribution is 8.38. The van der Waals surface area contributed by atoms with Crippen LogP contribution in [0.15, 0.2) is 35.3 Å². The molecular weight excluding hydrogens is 210 g/mol. The van der Waals surface area contributed by atoms with Gasteiger partial charge in [0.1, 0.15) is 4.38 Å². The molecule has 1 heterocycles. The van der Waals surface area contributed by atoms with Crippen molar-refractivity contribution in [3.8, 4) is 0 Å². The molecule has 0 aromatic heterocycles. The van der Waals surface area contributed by atoms with Crippen molar-refractivity contribution in [2.24, 2.45) is 4.99 Å². The van der Waals surface area contributed by atoms with Crippen molar-refractivity contribution in [3.63, 3.8) is 0 Å². The Morgan fingerprint density at radius 1 is 1.29 bits per heavy atom. The summed E-state index contributed by atoms with van der Waals surface area (Å²) in [7, 11) is 0. The maximum absolute atomic E-state index is 4.61. The predicted molar refractivity (Wildman–Crippen MR) is 67.2 cm³/mol. The van der Waals surface area contributed by atoms with Crippen molar-refractivity contribution >= 4 is 27.9 Å². The van der Waals surface area contributed by atoms with Crippen molar-refractivity contribution in [2.75, 3.05) is 6.26 Å². The Hall–Kier alpha value is -0.410. The van der Waals surface area contributed by atoms with Gasteiger partial charge in [-0.25, -0.2) is 0 Å². The zero-order valence-electron chi connectivity index (χ0n) is 8.31. The number of hydrogen-bond donors (Lipinski definition) is 0. The summed E-state index contributed by atoms with van der Waals surface area (Å²) in [6.07, 6.45) is 2.09. The van der Waals surface area contributed by atoms with E-state index in [4.69, 9.17) is 0 Å². The van der Waals surface area contributed by atoms with E-state index in [-0.39, 0.29) is 0 Å². The second kappa shape index (κ2) is 4.41. The Balaban J connectivity index is 2.16. The molecular formula is C11H13NS2. The van der Waals surface area contributed by atoms with Crippen LogP contribution in [0.1, 0.15) is 17.7 Å². The summed E-state index contributed by atoms with van der Waals surface area (Å²) in [5.41, 5.74) is 1.39. The van der Waals surface area contributed by atoms with E-state index in [0.717, 1.165) is 0 Å². The highest BCUT2D eigenvalue weighted by Gasteiger charge is 2.27. The van der Waals surface area contributed by atoms with Gasteiger partial charge in [0.2, 0.25) is 0 Å². The largest absolute Gasteiger partial charge is 0.267 e. The van der Waals surface area contributed by atoms with Gasteiger partial charge >= 0.3 is 0 Å². The molecule has 0 saturated heterocycles. The van der Waals surface area contributed by atoms with Gasteiger partial charge in [-0.2, -0.15) is 0 Å². The van der Waals surface area contributed by atoms with Crippen LogP contribution in [-0.4, -0.2) is 16.7 Å². The topological polar surface area (TPSA) is 12.4 Å². The van der Waals surface area contributed by atoms with Crippen LogP contribution in [0.4, 0.5) is 0 Å². The normalized spacial score (nSPS) is 26.3. The minimum Gasteiger partial charge on any atom is -0.267 e. The van der Waals surface area contributed by atoms with Crippen LogP contribution in [0.5, 0.6) is 0 Å². The van der Waals surface area contributed by atoms with Crippen molar-refractivity contribution in [3.05, 3.63) is 35.9 Å². The van der Waals surface area contributed by atoms with Gasteiger partial charge in [-0.05, 0) is 18.7 Å². The lowest BCUT2D eigenvalue weighted by Gasteiger charge is -2.12. The first-order valence-corrected chi connectivity index (χ1v) is 6.75. The summed E-state index contributed by atoms with van der Waals surface area (Å²) < 4.78 is 1.21. The second-order valence-corrected chi connectivity index (χ2v) is 5.47. The van der Waals surface area contributed by atoms with Gasteiger partial charge in [0.15, 0.2) is 0 Å². The zero-order chi connectivity index (χ0) is 9.97. The number of rotatable bonds is 1. The van der Waals surface area contributed by atoms with Crippen LogP contribution in [0.2, 0.25) is 0 Å². The van der Waals surface area contributed by atoms with E-state index < -0.39 is 0 Å². The van der Waals surface area contributed by atoms with Crippen molar-refractivity contribution in [1.82, 2.24) is 0 Å². The summed E-state index contributed by atoms with van der Waals surface area (Å²) in [6.45, 7) is 2.19. The monoisotopic (exact) mass is 223 g/mol. The van der Waals surface area contributed by atoms with E-state index in [1.54, 1.807) is 11.8 Å². The van der Waals surface area contributed by atoms with Crippen molar-refractivity contribution < 1.29 is 0 Å². The fourth-order valence-corrected chi connectivity index (χ4v) is 3.52. The SMILES string of the molecule is CSC1=N[C@H](C)[C@H](c2ccccc2)S1. The lowest BCUT2D eigenvalue weighted by molar-refractivity contribution is 0.741. The molecule has 2 rings (SSSR count). The van der Waals surface area contributed by atoms with E-state index in [2.05, 4.69) is 48.5 Å². The third-order valence-corrected chi connectivity index (χ3v) is 4.75. The van der Waals surface area contributed by atoms with E-state index >= 15 is 0 Å². The van der Waals surface area contributed by atoms with Crippen LogP contribution in [0, 0.1) is 0 Å². The fraction of sp³-hybridized carbons (Fsp3) is 0.364. The first-order chi connectivity index (χ1) is 6.81. The molecule has 0 radical (unpaired) electrons. The van der Waals surface area contributed by atoms with Crippen molar-refractivity contribution in [2.45, 2.75) is 18.2 Å². The van der Waals surface area contributed by atoms with Gasteiger partial charge in [0, 0.05) is 0 Å². The van der Waals surface area contributed by atoms with E-state index in [1.807, 2.05) is 11.8 Å². The van der Waals surface area contributed by atoms with Gasteiger partial charge in [0.25, 0.3) is 0 Å². The standard InChI is InChI=1S/C11H13NS2/c1-8-10(14-11(12-8)13-2)9-6-4-3-5-7-9/h3-8,10H,1-2H3/t8-,10-/m1/s1. The molecule has 1 aliphatic rings. The number of nitrogens with zero attached hydrogens (tertiary/aromatic N) is 1. The molecule has 0 spiro atoms. The molecule has 0 aliphatic carbocycles. The zero-order valence-corrected chi connectivity index (χ0v) is 9.94. The molecule has 1 aromatic rings. The molecule has 14 heavy (non-hydrogen) atoms. The van der Waals surface area contributed by atoms with E-state index in [0.29, 0.717) is 11.3 Å². The number of thioether (sulfide) groups is 2. The van der Waals surface area contributed by atoms with Crippen LogP contribution in [-0.2, 0) is 0 Å². The number of hydrogen-bond acceptors (Lipinski definition) is 3. The third kappa shape index (κ3) is 1.98. The molecule has 0 fully saturated rings. The number of aliphatic imine (C=N–C) groups is 1. The highest BCUT2D eigenvalue weighted by atomic mass is 32.2. The van der Waals surface area contributed by atoms with E-state index in [9.17, 15) is 0 Å². The maximum atomic E-state index is 4.61. The molecule has 2 atom stereocenters. The fourth-order valence-electron chi connectivity index (χ4n) is 1.56. The van der Waals surface area contributed by atoms with Crippen molar-refractivity contribution in [1.29, 1.82) is 0 Å². The quantitative estimate of drug-likeness (QED) is 0.721. The molecule has 1 nitrogen and oxygen atoms in total. The summed E-state index contributed by atoms with van der Waals surface area (Å²) in [5, 5.41) is 0.513. The Morgan fingerprint density at radius 2 is 2.00 bits per heavy atom. The van der Waals surface area contributed by atoms with E-state index in [1.165, 1.54) is 9.94 Å². The molecule has 0 amide bonds. The van der Waals surface area contributed by atoms with Crippen LogP contribution in [0.3, 0.4) is 0 Å². The van der Waals surface area contributed by atoms with Crippen LogP contribution < -0.4 is 0 Å². The first-order valence-electron chi connectivity index (χ1n) is 4.64. The summed E-state index contributed by atoms with van der Waals surface area (Å²) in [6, 6.07) is 11.0. The molecule has 3 heteroatoms. The summed E-state index contributed by atoms with van der Waals surface area (Å²) in [4.78, 5) is 4.61. The van der Waals surface area contributed by atoms with Gasteiger partial charge in [-0.3, -0.25) is 4.99 Å². The molecule has 0 saturated carbocycles. The smallest absolute Gasteiger partial charge is 0.125 e. The lowest BCUT2D eigenvalue weighted by Crippen LogP contribution is -2.04. The van der Waals surface area contributed by atoms with Gasteiger partial charge in [-0.15, -0.1) is 11.8 Å². The number of benzene rings is 1. The van der Waals surface area contributed by atoms with Gasteiger partial charge < -0.3 is 0 Å². The maximum Gasteiger partial charge on any atom is 0.125 e. The Labute approximate surface area is 93.4 Å². The molecule has 1 aromatic carbocycles.